The SMILES string of the molecule is Cn1c(CNc2cccc(C(=O)NCc3ncccc3C(F)(F)F)c2)nnc1-c1ccncn1. The standard InChI is InChI=1S/C22H19F3N8O/c1-33-19(31-32-20(33)17-7-9-26-13-30-17)12-28-15-5-2-4-14(10-15)21(34)29-11-18-16(22(23,24)25)6-3-8-27-18/h2-10,13,28H,11-12H2,1H3,(H,29,34). The van der Waals surface area contributed by atoms with Gasteiger partial charge < -0.3 is 15.2 Å². The van der Waals surface area contributed by atoms with Gasteiger partial charge in [0.2, 0.25) is 0 Å². The summed E-state index contributed by atoms with van der Waals surface area (Å²) < 4.78 is 41.2. The van der Waals surface area contributed by atoms with E-state index in [9.17, 15) is 18.0 Å². The van der Waals surface area contributed by atoms with E-state index in [2.05, 4.69) is 35.8 Å². The van der Waals surface area contributed by atoms with Crippen LogP contribution in [0, 0.1) is 0 Å². The molecule has 0 bridgehead atoms. The van der Waals surface area contributed by atoms with E-state index in [0.717, 1.165) is 6.07 Å². The molecule has 0 aliphatic carbocycles. The van der Waals surface area contributed by atoms with Gasteiger partial charge in [-0.3, -0.25) is 9.78 Å². The van der Waals surface area contributed by atoms with Gasteiger partial charge in [-0.15, -0.1) is 10.2 Å². The Hall–Kier alpha value is -4.35. The van der Waals surface area contributed by atoms with Crippen LogP contribution in [0.2, 0.25) is 0 Å². The molecule has 4 aromatic rings. The van der Waals surface area contributed by atoms with Crippen LogP contribution in [0.5, 0.6) is 0 Å². The molecule has 0 saturated heterocycles. The molecule has 12 heteroatoms. The number of aromatic nitrogens is 6. The number of benzene rings is 1. The first-order chi connectivity index (χ1) is 16.3. The van der Waals surface area contributed by atoms with E-state index in [1.54, 1.807) is 41.1 Å². The fraction of sp³-hybridized carbons (Fsp3) is 0.182. The second-order valence-corrected chi connectivity index (χ2v) is 7.21. The number of halogens is 3. The molecule has 3 heterocycles. The van der Waals surface area contributed by atoms with E-state index in [4.69, 9.17) is 0 Å². The zero-order valence-corrected chi connectivity index (χ0v) is 17.9. The third kappa shape index (κ3) is 5.17. The highest BCUT2D eigenvalue weighted by atomic mass is 19.4. The molecule has 34 heavy (non-hydrogen) atoms. The number of carbonyl (C=O) groups is 1. The van der Waals surface area contributed by atoms with Gasteiger partial charge in [-0.1, -0.05) is 6.07 Å². The molecular formula is C22H19F3N8O. The topological polar surface area (TPSA) is 111 Å². The molecule has 0 radical (unpaired) electrons. The maximum absolute atomic E-state index is 13.1. The van der Waals surface area contributed by atoms with Crippen molar-refractivity contribution in [2.45, 2.75) is 19.3 Å². The van der Waals surface area contributed by atoms with Gasteiger partial charge in [0.05, 0.1) is 24.3 Å². The van der Waals surface area contributed by atoms with Gasteiger partial charge in [0.25, 0.3) is 5.91 Å². The minimum absolute atomic E-state index is 0.251. The summed E-state index contributed by atoms with van der Waals surface area (Å²) >= 11 is 0. The van der Waals surface area contributed by atoms with Gasteiger partial charge in [0.15, 0.2) is 11.6 Å². The van der Waals surface area contributed by atoms with Crippen molar-refractivity contribution < 1.29 is 18.0 Å². The highest BCUT2D eigenvalue weighted by molar-refractivity contribution is 5.95. The normalized spacial score (nSPS) is 11.3. The summed E-state index contributed by atoms with van der Waals surface area (Å²) in [7, 11) is 1.81. The predicted octanol–water partition coefficient (Wildman–Crippen LogP) is 3.23. The largest absolute Gasteiger partial charge is 0.418 e. The first-order valence-electron chi connectivity index (χ1n) is 10.1. The van der Waals surface area contributed by atoms with Gasteiger partial charge in [0, 0.05) is 30.7 Å². The van der Waals surface area contributed by atoms with Crippen molar-refractivity contribution in [3.8, 4) is 11.5 Å². The van der Waals surface area contributed by atoms with Crippen LogP contribution in [0.1, 0.15) is 27.4 Å². The lowest BCUT2D eigenvalue weighted by Gasteiger charge is -2.12. The molecule has 2 N–H and O–H groups in total. The number of anilines is 1. The van der Waals surface area contributed by atoms with Gasteiger partial charge in [0.1, 0.15) is 12.0 Å². The molecule has 0 fully saturated rings. The lowest BCUT2D eigenvalue weighted by Crippen LogP contribution is -2.25. The van der Waals surface area contributed by atoms with Crippen molar-refractivity contribution in [2.75, 3.05) is 5.32 Å². The molecule has 0 aliphatic rings. The molecule has 9 nitrogen and oxygen atoms in total. The van der Waals surface area contributed by atoms with Crippen LogP contribution in [0.25, 0.3) is 11.5 Å². The van der Waals surface area contributed by atoms with E-state index < -0.39 is 17.6 Å². The van der Waals surface area contributed by atoms with Gasteiger partial charge in [-0.25, -0.2) is 9.97 Å². The Morgan fingerprint density at radius 1 is 1.03 bits per heavy atom. The predicted molar refractivity (Wildman–Crippen MR) is 116 cm³/mol. The maximum atomic E-state index is 13.1. The molecule has 0 aliphatic heterocycles. The second kappa shape index (κ2) is 9.65. The first-order valence-corrected chi connectivity index (χ1v) is 10.1. The number of amides is 1. The van der Waals surface area contributed by atoms with Gasteiger partial charge >= 0.3 is 6.18 Å². The number of nitrogens with one attached hydrogen (secondary N) is 2. The molecule has 1 amide bonds. The van der Waals surface area contributed by atoms with E-state index in [0.29, 0.717) is 29.6 Å². The summed E-state index contributed by atoms with van der Waals surface area (Å²) in [6.45, 7) is -0.0283. The summed E-state index contributed by atoms with van der Waals surface area (Å²) in [6, 6.07) is 10.5. The number of hydrogen-bond acceptors (Lipinski definition) is 7. The summed E-state index contributed by atoms with van der Waals surface area (Å²) in [5.74, 6) is 0.700. The average Bonchev–Trinajstić information content (AvgIpc) is 3.21. The summed E-state index contributed by atoms with van der Waals surface area (Å²) in [4.78, 5) is 24.3. The maximum Gasteiger partial charge on any atom is 0.418 e. The molecule has 3 aromatic heterocycles. The zero-order chi connectivity index (χ0) is 24.1. The second-order valence-electron chi connectivity index (χ2n) is 7.21. The molecule has 4 rings (SSSR count). The van der Waals surface area contributed by atoms with Crippen molar-refractivity contribution in [1.29, 1.82) is 0 Å². The molecule has 0 spiro atoms. The van der Waals surface area contributed by atoms with E-state index in [-0.39, 0.29) is 17.8 Å². The van der Waals surface area contributed by atoms with Crippen LogP contribution in [0.3, 0.4) is 0 Å². The van der Waals surface area contributed by atoms with Crippen LogP contribution in [0.15, 0.2) is 61.2 Å². The van der Waals surface area contributed by atoms with E-state index >= 15 is 0 Å². The molecule has 0 atom stereocenters. The lowest BCUT2D eigenvalue weighted by atomic mass is 10.1. The highest BCUT2D eigenvalue weighted by Gasteiger charge is 2.33. The fourth-order valence-corrected chi connectivity index (χ4v) is 3.22. The van der Waals surface area contributed by atoms with Crippen molar-refractivity contribution in [3.05, 3.63) is 83.8 Å². The monoisotopic (exact) mass is 468 g/mol. The third-order valence-electron chi connectivity index (χ3n) is 4.96. The minimum Gasteiger partial charge on any atom is -0.378 e. The van der Waals surface area contributed by atoms with Crippen molar-refractivity contribution in [3.63, 3.8) is 0 Å². The van der Waals surface area contributed by atoms with Crippen molar-refractivity contribution >= 4 is 11.6 Å². The Morgan fingerprint density at radius 2 is 1.88 bits per heavy atom. The molecule has 174 valence electrons. The van der Waals surface area contributed by atoms with E-state index in [1.165, 1.54) is 18.6 Å². The molecule has 0 unspecified atom stereocenters. The number of alkyl halides is 3. The van der Waals surface area contributed by atoms with Crippen LogP contribution in [-0.2, 0) is 26.3 Å². The Labute approximate surface area is 192 Å². The quantitative estimate of drug-likeness (QED) is 0.428. The zero-order valence-electron chi connectivity index (χ0n) is 17.9. The summed E-state index contributed by atoms with van der Waals surface area (Å²) in [5, 5.41) is 14.0. The van der Waals surface area contributed by atoms with E-state index in [1.807, 2.05) is 7.05 Å². The third-order valence-corrected chi connectivity index (χ3v) is 4.96. The fourth-order valence-electron chi connectivity index (χ4n) is 3.22. The Morgan fingerprint density at radius 3 is 2.65 bits per heavy atom. The molecule has 1 aromatic carbocycles. The number of hydrogen-bond donors (Lipinski definition) is 2. The van der Waals surface area contributed by atoms with Crippen molar-refractivity contribution in [2.24, 2.45) is 7.05 Å². The van der Waals surface area contributed by atoms with Crippen LogP contribution < -0.4 is 10.6 Å². The Bertz CT molecular complexity index is 1290. The molecular weight excluding hydrogens is 449 g/mol. The smallest absolute Gasteiger partial charge is 0.378 e. The first kappa shape index (κ1) is 22.8. The summed E-state index contributed by atoms with van der Waals surface area (Å²) in [6.07, 6.45) is -0.255. The Balaban J connectivity index is 1.40. The number of pyridine rings is 1. The van der Waals surface area contributed by atoms with Crippen LogP contribution in [0.4, 0.5) is 18.9 Å². The highest BCUT2D eigenvalue weighted by Crippen LogP contribution is 2.30. The van der Waals surface area contributed by atoms with Crippen LogP contribution >= 0.6 is 0 Å². The minimum atomic E-state index is -4.55. The number of rotatable bonds is 7. The number of nitrogens with zero attached hydrogens (tertiary/aromatic N) is 6. The molecule has 0 saturated carbocycles. The van der Waals surface area contributed by atoms with Gasteiger partial charge in [-0.2, -0.15) is 13.2 Å². The van der Waals surface area contributed by atoms with Gasteiger partial charge in [-0.05, 0) is 36.4 Å². The van der Waals surface area contributed by atoms with Crippen molar-refractivity contribution in [1.82, 2.24) is 35.0 Å². The summed E-state index contributed by atoms with van der Waals surface area (Å²) in [5.41, 5.74) is 0.425. The lowest BCUT2D eigenvalue weighted by molar-refractivity contribution is -0.138. The number of carbonyl (C=O) groups excluding carboxylic acids is 1. The Kier molecular flexibility index (Phi) is 6.48. The van der Waals surface area contributed by atoms with Crippen LogP contribution in [-0.4, -0.2) is 35.6 Å². The average molecular weight is 468 g/mol.